The van der Waals surface area contributed by atoms with E-state index in [-0.39, 0.29) is 6.15 Å². The Morgan fingerprint density at radius 3 is 1.89 bits per heavy atom. The number of benzene rings is 3. The predicted octanol–water partition coefficient (Wildman–Crippen LogP) is 6.93. The minimum absolute atomic E-state index is 0.250. The van der Waals surface area contributed by atoms with E-state index in [1.165, 1.54) is 16.6 Å². The molecule has 0 atom stereocenters. The number of para-hydroxylation sites is 2. The van der Waals surface area contributed by atoms with E-state index < -0.39 is 0 Å². The molecule has 6 aromatic rings. The van der Waals surface area contributed by atoms with E-state index in [2.05, 4.69) is 76.3 Å². The van der Waals surface area contributed by atoms with Gasteiger partial charge in [0.25, 0.3) is 0 Å². The molecule has 0 aliphatic carbocycles. The second kappa shape index (κ2) is 13.6. The first kappa shape index (κ1) is 30.4. The highest BCUT2D eigenvalue weighted by Crippen LogP contribution is 2.32. The molecule has 8 rings (SSSR count). The van der Waals surface area contributed by atoms with E-state index in [1.54, 1.807) is 0 Å². The molecule has 2 aliphatic heterocycles. The molecule has 2 aliphatic rings. The maximum atomic E-state index is 8.12. The van der Waals surface area contributed by atoms with Gasteiger partial charge >= 0.3 is 6.15 Å². The number of ether oxygens (including phenoxy) is 2. The third kappa shape index (κ3) is 6.44. The van der Waals surface area contributed by atoms with Crippen molar-refractivity contribution in [3.05, 3.63) is 77.9 Å². The second-order valence-corrected chi connectivity index (χ2v) is 11.5. The smallest absolute Gasteiger partial charge is 0.373 e. The molecule has 0 unspecified atom stereocenters. The molecular weight excluding hydrogens is 570 g/mol. The van der Waals surface area contributed by atoms with Crippen molar-refractivity contribution in [2.75, 3.05) is 26.4 Å². The monoisotopic (exact) mass is 607 g/mol. The fourth-order valence-corrected chi connectivity index (χ4v) is 6.49. The van der Waals surface area contributed by atoms with Crippen molar-refractivity contribution in [1.82, 2.24) is 24.1 Å². The van der Waals surface area contributed by atoms with Gasteiger partial charge < -0.3 is 23.0 Å². The number of aryl methyl sites for hydroxylation is 3. The van der Waals surface area contributed by atoms with Crippen LogP contribution in [0.3, 0.4) is 0 Å². The van der Waals surface area contributed by atoms with Crippen LogP contribution < -0.4 is 0 Å². The zero-order valence-electron chi connectivity index (χ0n) is 25.9. The van der Waals surface area contributed by atoms with Crippen molar-refractivity contribution < 1.29 is 23.5 Å². The van der Waals surface area contributed by atoms with E-state index in [9.17, 15) is 0 Å². The Balaban J connectivity index is 0.000000161. The van der Waals surface area contributed by atoms with Crippen LogP contribution in [-0.4, -0.2) is 56.7 Å². The quantitative estimate of drug-likeness (QED) is 0.213. The van der Waals surface area contributed by atoms with Crippen LogP contribution in [0.1, 0.15) is 55.0 Å². The highest BCUT2D eigenvalue weighted by molar-refractivity contribution is 5.83. The molecule has 45 heavy (non-hydrogen) atoms. The van der Waals surface area contributed by atoms with E-state index in [0.29, 0.717) is 18.0 Å². The molecule has 2 saturated heterocycles. The van der Waals surface area contributed by atoms with Gasteiger partial charge in [-0.3, -0.25) is 0 Å². The fraction of sp³-hybridized carbons (Fsp3) is 0.371. The Labute approximate surface area is 261 Å². The van der Waals surface area contributed by atoms with Gasteiger partial charge in [0.15, 0.2) is 5.58 Å². The summed E-state index contributed by atoms with van der Waals surface area (Å²) in [6.45, 7) is 9.62. The largest absolute Gasteiger partial charge is 0.436 e. The SMILES string of the molecule is Cc1ccc2oc(-c3ccc4c(c3)nc(C)n4C3CCOCC3)nc2c1.Cc1nc2ccccc2n1C1CCOCC1.O=C=O. The summed E-state index contributed by atoms with van der Waals surface area (Å²) in [6, 6.07) is 21.7. The van der Waals surface area contributed by atoms with Gasteiger partial charge in [-0.05, 0) is 94.5 Å². The molecule has 0 radical (unpaired) electrons. The molecule has 3 aromatic heterocycles. The highest BCUT2D eigenvalue weighted by Gasteiger charge is 2.21. The summed E-state index contributed by atoms with van der Waals surface area (Å²) >= 11 is 0. The van der Waals surface area contributed by atoms with Crippen molar-refractivity contribution in [3.8, 4) is 11.5 Å². The van der Waals surface area contributed by atoms with Crippen LogP contribution in [0.2, 0.25) is 0 Å². The number of oxazole rings is 1. The Morgan fingerprint density at radius 1 is 0.667 bits per heavy atom. The second-order valence-electron chi connectivity index (χ2n) is 11.5. The van der Waals surface area contributed by atoms with Gasteiger partial charge in [-0.25, -0.2) is 15.0 Å². The molecule has 0 N–H and O–H groups in total. The van der Waals surface area contributed by atoms with Crippen LogP contribution in [0.25, 0.3) is 44.6 Å². The number of hydrogen-bond donors (Lipinski definition) is 0. The standard InChI is InChI=1S/C21H21N3O2.C13H16N2O.CO2/c1-13-3-6-20-18(11-13)23-21(26-20)15-4-5-19-17(12-15)22-14(2)24(19)16-7-9-25-10-8-16;1-10-14-12-4-2-3-5-13(12)15(10)11-6-8-16-9-7-11;2-1-3/h3-6,11-12,16H,7-10H2,1-2H3;2-5,11H,6-9H2,1H3;. The Bertz CT molecular complexity index is 1950. The topological polar surface area (TPSA) is 114 Å². The van der Waals surface area contributed by atoms with Gasteiger partial charge in [0.2, 0.25) is 5.89 Å². The molecule has 10 nitrogen and oxygen atoms in total. The van der Waals surface area contributed by atoms with Crippen LogP contribution in [0.4, 0.5) is 0 Å². The Hall–Kier alpha value is -4.63. The van der Waals surface area contributed by atoms with Crippen molar-refractivity contribution in [1.29, 1.82) is 0 Å². The lowest BCUT2D eigenvalue weighted by Gasteiger charge is -2.25. The van der Waals surface area contributed by atoms with Crippen molar-refractivity contribution in [2.24, 2.45) is 0 Å². The lowest BCUT2D eigenvalue weighted by molar-refractivity contribution is -0.191. The summed E-state index contributed by atoms with van der Waals surface area (Å²) in [7, 11) is 0. The maximum absolute atomic E-state index is 8.12. The average Bonchev–Trinajstić information content (AvgIpc) is 3.73. The number of nitrogens with zero attached hydrogens (tertiary/aromatic N) is 5. The van der Waals surface area contributed by atoms with E-state index in [0.717, 1.165) is 91.5 Å². The zero-order chi connectivity index (χ0) is 31.3. The van der Waals surface area contributed by atoms with Crippen LogP contribution in [-0.2, 0) is 19.1 Å². The van der Waals surface area contributed by atoms with Crippen LogP contribution in [0.5, 0.6) is 0 Å². The molecule has 0 spiro atoms. The first-order valence-corrected chi connectivity index (χ1v) is 15.4. The molecule has 3 aromatic carbocycles. The van der Waals surface area contributed by atoms with Gasteiger partial charge in [-0.2, -0.15) is 9.59 Å². The molecular formula is C35H37N5O5. The first-order chi connectivity index (χ1) is 22.0. The van der Waals surface area contributed by atoms with Gasteiger partial charge in [0.1, 0.15) is 17.2 Å². The van der Waals surface area contributed by atoms with Crippen molar-refractivity contribution >= 4 is 39.3 Å². The van der Waals surface area contributed by atoms with Crippen LogP contribution >= 0.6 is 0 Å². The molecule has 10 heteroatoms. The van der Waals surface area contributed by atoms with Gasteiger partial charge in [0, 0.05) is 44.1 Å². The Morgan fingerprint density at radius 2 is 1.24 bits per heavy atom. The number of hydrogen-bond acceptors (Lipinski definition) is 8. The molecule has 0 amide bonds. The molecule has 0 saturated carbocycles. The number of rotatable bonds is 3. The fourth-order valence-electron chi connectivity index (χ4n) is 6.49. The Kier molecular flexibility index (Phi) is 9.16. The third-order valence-corrected chi connectivity index (χ3v) is 8.54. The van der Waals surface area contributed by atoms with Crippen molar-refractivity contribution in [3.63, 3.8) is 0 Å². The lowest BCUT2D eigenvalue weighted by Crippen LogP contribution is -2.20. The van der Waals surface area contributed by atoms with Gasteiger partial charge in [-0.1, -0.05) is 18.2 Å². The van der Waals surface area contributed by atoms with Gasteiger partial charge in [0.05, 0.1) is 22.1 Å². The minimum Gasteiger partial charge on any atom is -0.436 e. The number of aromatic nitrogens is 5. The summed E-state index contributed by atoms with van der Waals surface area (Å²) in [4.78, 5) is 30.3. The molecule has 232 valence electrons. The summed E-state index contributed by atoms with van der Waals surface area (Å²) < 4.78 is 21.6. The minimum atomic E-state index is 0.250. The molecule has 2 fully saturated rings. The summed E-state index contributed by atoms with van der Waals surface area (Å²) in [5, 5.41) is 0. The van der Waals surface area contributed by atoms with Crippen LogP contribution in [0.15, 0.2) is 65.1 Å². The highest BCUT2D eigenvalue weighted by atomic mass is 16.5. The number of fused-ring (bicyclic) bond motifs is 3. The van der Waals surface area contributed by atoms with E-state index in [4.69, 9.17) is 28.5 Å². The summed E-state index contributed by atoms with van der Waals surface area (Å²) in [6.07, 6.45) is 4.53. The summed E-state index contributed by atoms with van der Waals surface area (Å²) in [5.74, 6) is 2.82. The number of carbonyl (C=O) groups excluding carboxylic acids is 2. The average molecular weight is 608 g/mol. The van der Waals surface area contributed by atoms with E-state index >= 15 is 0 Å². The molecule has 5 heterocycles. The van der Waals surface area contributed by atoms with E-state index in [1.807, 2.05) is 24.3 Å². The zero-order valence-corrected chi connectivity index (χ0v) is 25.9. The summed E-state index contributed by atoms with van der Waals surface area (Å²) in [5.41, 5.74) is 8.37. The van der Waals surface area contributed by atoms with Gasteiger partial charge in [-0.15, -0.1) is 0 Å². The predicted molar refractivity (Wildman–Crippen MR) is 170 cm³/mol. The normalized spacial score (nSPS) is 15.8. The lowest BCUT2D eigenvalue weighted by atomic mass is 10.1. The maximum Gasteiger partial charge on any atom is 0.373 e. The molecule has 0 bridgehead atoms. The number of imidazole rings is 2. The first-order valence-electron chi connectivity index (χ1n) is 15.4. The van der Waals surface area contributed by atoms with Crippen molar-refractivity contribution in [2.45, 2.75) is 58.5 Å². The third-order valence-electron chi connectivity index (χ3n) is 8.54. The van der Waals surface area contributed by atoms with Crippen LogP contribution in [0, 0.1) is 20.8 Å².